The van der Waals surface area contributed by atoms with Crippen molar-refractivity contribution in [2.24, 2.45) is 0 Å². The number of nitrogens with one attached hydrogen (secondary N) is 3. The maximum absolute atomic E-state index is 12.9. The largest absolute Gasteiger partial charge is 0.483 e. The van der Waals surface area contributed by atoms with Gasteiger partial charge < -0.3 is 20.5 Å². The van der Waals surface area contributed by atoms with Gasteiger partial charge in [0.05, 0.1) is 11.1 Å². The predicted octanol–water partition coefficient (Wildman–Crippen LogP) is -1.58. The molecule has 1 aromatic rings. The minimum atomic E-state index is -1.09. The van der Waals surface area contributed by atoms with Crippen LogP contribution < -0.4 is 20.7 Å². The van der Waals surface area contributed by atoms with Crippen LogP contribution in [0.2, 0.25) is 0 Å². The van der Waals surface area contributed by atoms with Gasteiger partial charge in [0, 0.05) is 26.4 Å². The molecule has 13 heteroatoms. The van der Waals surface area contributed by atoms with Crippen LogP contribution in [-0.4, -0.2) is 78.2 Å². The fraction of sp³-hybridized carbons (Fsp3) is 0.350. The summed E-state index contributed by atoms with van der Waals surface area (Å²) in [6, 6.07) is 3.28. The lowest BCUT2D eigenvalue weighted by molar-refractivity contribution is -0.136. The lowest BCUT2D eigenvalue weighted by Crippen LogP contribution is -2.54. The number of ether oxygens (including phenoxy) is 1. The van der Waals surface area contributed by atoms with Crippen molar-refractivity contribution in [3.05, 3.63) is 29.3 Å². The standard InChI is InChI=1S/C19H20N4O7.CH2O2/c1-20-13(24)7-8-21-15(26)9-30-12-4-2-3-10-16(12)19(29)23(18(10)28)11-5-6-14(25)22-17(11)27;2-1-3/h2-4,11H,5-9H2,1H3,(H,20,24)(H,21,26)(H,22,25,27);1H,(H,2,3). The molecular formula is C20H22N4O9. The van der Waals surface area contributed by atoms with Gasteiger partial charge in [-0.2, -0.15) is 0 Å². The Labute approximate surface area is 187 Å². The summed E-state index contributed by atoms with van der Waals surface area (Å²) >= 11 is 0. The zero-order valence-electron chi connectivity index (χ0n) is 17.6. The van der Waals surface area contributed by atoms with Crippen molar-refractivity contribution in [1.29, 1.82) is 0 Å². The SMILES string of the molecule is CNC(=O)CCNC(=O)COc1cccc2c1C(=O)N(C1CCC(=O)NC1=O)C2=O.O=CO. The van der Waals surface area contributed by atoms with Gasteiger partial charge in [0.25, 0.3) is 24.2 Å². The van der Waals surface area contributed by atoms with E-state index in [1.165, 1.54) is 25.2 Å². The molecule has 1 aromatic carbocycles. The molecule has 3 rings (SSSR count). The van der Waals surface area contributed by atoms with Crippen LogP contribution in [0.4, 0.5) is 0 Å². The number of hydrogen-bond donors (Lipinski definition) is 4. The predicted molar refractivity (Wildman–Crippen MR) is 109 cm³/mol. The maximum atomic E-state index is 12.9. The van der Waals surface area contributed by atoms with E-state index < -0.39 is 42.2 Å². The molecule has 4 N–H and O–H groups in total. The molecule has 2 aliphatic rings. The number of carbonyl (C=O) groups excluding carboxylic acids is 6. The van der Waals surface area contributed by atoms with E-state index >= 15 is 0 Å². The smallest absolute Gasteiger partial charge is 0.290 e. The average Bonchev–Trinajstić information content (AvgIpc) is 3.03. The Balaban J connectivity index is 0.00000122. The van der Waals surface area contributed by atoms with Crippen molar-refractivity contribution >= 4 is 41.9 Å². The fourth-order valence-corrected chi connectivity index (χ4v) is 3.24. The Bertz CT molecular complexity index is 992. The molecule has 6 amide bonds. The van der Waals surface area contributed by atoms with Gasteiger partial charge in [0.15, 0.2) is 6.61 Å². The molecule has 1 unspecified atom stereocenters. The highest BCUT2D eigenvalue weighted by Crippen LogP contribution is 2.33. The summed E-state index contributed by atoms with van der Waals surface area (Å²) in [5, 5.41) is 13.9. The summed E-state index contributed by atoms with van der Waals surface area (Å²) in [4.78, 5) is 81.3. The Morgan fingerprint density at radius 2 is 1.91 bits per heavy atom. The molecule has 13 nitrogen and oxygen atoms in total. The van der Waals surface area contributed by atoms with Crippen LogP contribution in [-0.2, 0) is 24.0 Å². The van der Waals surface area contributed by atoms with Crippen LogP contribution in [0.25, 0.3) is 0 Å². The van der Waals surface area contributed by atoms with Crippen LogP contribution in [0, 0.1) is 0 Å². The molecule has 1 saturated heterocycles. The van der Waals surface area contributed by atoms with Crippen molar-refractivity contribution in [3.63, 3.8) is 0 Å². The van der Waals surface area contributed by atoms with Crippen molar-refractivity contribution < 1.29 is 43.4 Å². The molecule has 0 spiro atoms. The van der Waals surface area contributed by atoms with Gasteiger partial charge in [0.1, 0.15) is 11.8 Å². The Hall–Kier alpha value is -4.29. The van der Waals surface area contributed by atoms with E-state index in [2.05, 4.69) is 16.0 Å². The number of carboxylic acid groups (broad SMARTS) is 1. The molecule has 0 aliphatic carbocycles. The summed E-state index contributed by atoms with van der Waals surface area (Å²) in [6.07, 6.45) is 0.167. The third-order valence-corrected chi connectivity index (χ3v) is 4.74. The van der Waals surface area contributed by atoms with Gasteiger partial charge in [-0.3, -0.25) is 43.8 Å². The summed E-state index contributed by atoms with van der Waals surface area (Å²) in [5.74, 6) is -3.25. The lowest BCUT2D eigenvalue weighted by atomic mass is 10.0. The van der Waals surface area contributed by atoms with Crippen LogP contribution in [0.5, 0.6) is 5.75 Å². The summed E-state index contributed by atoms with van der Waals surface area (Å²) in [7, 11) is 1.49. The quantitative estimate of drug-likeness (QED) is 0.274. The number of carbonyl (C=O) groups is 7. The first-order valence-electron chi connectivity index (χ1n) is 9.77. The number of benzene rings is 1. The fourth-order valence-electron chi connectivity index (χ4n) is 3.24. The number of amides is 6. The second kappa shape index (κ2) is 11.4. The minimum Gasteiger partial charge on any atom is -0.483 e. The molecule has 0 aromatic heterocycles. The molecule has 0 radical (unpaired) electrons. The zero-order chi connectivity index (χ0) is 24.5. The van der Waals surface area contributed by atoms with E-state index in [4.69, 9.17) is 14.6 Å². The highest BCUT2D eigenvalue weighted by atomic mass is 16.5. The molecule has 2 aliphatic heterocycles. The summed E-state index contributed by atoms with van der Waals surface area (Å²) < 4.78 is 5.43. The Morgan fingerprint density at radius 1 is 1.21 bits per heavy atom. The first kappa shape index (κ1) is 25.0. The lowest BCUT2D eigenvalue weighted by Gasteiger charge is -2.27. The van der Waals surface area contributed by atoms with Gasteiger partial charge in [-0.05, 0) is 18.6 Å². The number of rotatable bonds is 7. The normalized spacial score (nSPS) is 16.8. The molecule has 2 heterocycles. The highest BCUT2D eigenvalue weighted by molar-refractivity contribution is 6.24. The van der Waals surface area contributed by atoms with Crippen molar-refractivity contribution in [2.75, 3.05) is 20.2 Å². The van der Waals surface area contributed by atoms with Crippen molar-refractivity contribution in [1.82, 2.24) is 20.9 Å². The third kappa shape index (κ3) is 5.90. The molecule has 176 valence electrons. The second-order valence-corrected chi connectivity index (χ2v) is 6.79. The Kier molecular flexibility index (Phi) is 8.60. The minimum absolute atomic E-state index is 0.0173. The van der Waals surface area contributed by atoms with Crippen LogP contribution in [0.1, 0.15) is 40.0 Å². The topological polar surface area (TPSA) is 188 Å². The average molecular weight is 462 g/mol. The van der Waals surface area contributed by atoms with E-state index in [1.807, 2.05) is 0 Å². The van der Waals surface area contributed by atoms with Crippen molar-refractivity contribution in [3.8, 4) is 5.75 Å². The third-order valence-electron chi connectivity index (χ3n) is 4.74. The van der Waals surface area contributed by atoms with E-state index in [1.54, 1.807) is 0 Å². The number of piperidine rings is 1. The van der Waals surface area contributed by atoms with Gasteiger partial charge in [0.2, 0.25) is 17.7 Å². The molecule has 1 fully saturated rings. The van der Waals surface area contributed by atoms with Crippen LogP contribution in [0.15, 0.2) is 18.2 Å². The first-order chi connectivity index (χ1) is 15.7. The van der Waals surface area contributed by atoms with Gasteiger partial charge in [-0.1, -0.05) is 6.07 Å². The summed E-state index contributed by atoms with van der Waals surface area (Å²) in [6.45, 7) is -0.556. The van der Waals surface area contributed by atoms with E-state index in [-0.39, 0.29) is 55.1 Å². The second-order valence-electron chi connectivity index (χ2n) is 6.79. The number of imide groups is 2. The van der Waals surface area contributed by atoms with Crippen molar-refractivity contribution in [2.45, 2.75) is 25.3 Å². The van der Waals surface area contributed by atoms with E-state index in [0.717, 1.165) is 4.90 Å². The van der Waals surface area contributed by atoms with E-state index in [9.17, 15) is 28.8 Å². The van der Waals surface area contributed by atoms with Gasteiger partial charge >= 0.3 is 0 Å². The van der Waals surface area contributed by atoms with Gasteiger partial charge in [-0.15, -0.1) is 0 Å². The first-order valence-corrected chi connectivity index (χ1v) is 9.77. The molecular weight excluding hydrogens is 440 g/mol. The number of fused-ring (bicyclic) bond motifs is 1. The van der Waals surface area contributed by atoms with Crippen LogP contribution in [0.3, 0.4) is 0 Å². The molecule has 1 atom stereocenters. The van der Waals surface area contributed by atoms with E-state index in [0.29, 0.717) is 0 Å². The molecule has 0 bridgehead atoms. The monoisotopic (exact) mass is 462 g/mol. The Morgan fingerprint density at radius 3 is 2.55 bits per heavy atom. The molecule has 33 heavy (non-hydrogen) atoms. The number of hydrogen-bond acceptors (Lipinski definition) is 8. The molecule has 0 saturated carbocycles. The summed E-state index contributed by atoms with van der Waals surface area (Å²) in [5.41, 5.74) is 0.0209. The zero-order valence-corrected chi connectivity index (χ0v) is 17.6. The highest BCUT2D eigenvalue weighted by Gasteiger charge is 2.46. The maximum Gasteiger partial charge on any atom is 0.290 e. The van der Waals surface area contributed by atoms with Gasteiger partial charge in [-0.25, -0.2) is 0 Å². The van der Waals surface area contributed by atoms with Crippen LogP contribution >= 0.6 is 0 Å². The number of nitrogens with zero attached hydrogens (tertiary/aromatic N) is 1.